The lowest BCUT2D eigenvalue weighted by Gasteiger charge is -2.14. The standard InChI is InChI=1S/C13H22N2O/c1-3-12(4-5-16)8-15-10-13-6-11(2)7-14-9-13/h6-7,9,12,15-16H,3-5,8,10H2,1-2H3. The predicted molar refractivity (Wildman–Crippen MR) is 66.2 cm³/mol. The van der Waals surface area contributed by atoms with Gasteiger partial charge in [-0.3, -0.25) is 4.98 Å². The van der Waals surface area contributed by atoms with Crippen LogP contribution in [0.3, 0.4) is 0 Å². The van der Waals surface area contributed by atoms with E-state index in [0.29, 0.717) is 5.92 Å². The monoisotopic (exact) mass is 222 g/mol. The van der Waals surface area contributed by atoms with Gasteiger partial charge in [-0.25, -0.2) is 0 Å². The molecule has 16 heavy (non-hydrogen) atoms. The maximum absolute atomic E-state index is 8.88. The van der Waals surface area contributed by atoms with Crippen LogP contribution in [0.25, 0.3) is 0 Å². The van der Waals surface area contributed by atoms with E-state index < -0.39 is 0 Å². The van der Waals surface area contributed by atoms with Gasteiger partial charge in [0.15, 0.2) is 0 Å². The van der Waals surface area contributed by atoms with Crippen molar-refractivity contribution in [2.45, 2.75) is 33.2 Å². The average molecular weight is 222 g/mol. The summed E-state index contributed by atoms with van der Waals surface area (Å²) in [5.41, 5.74) is 2.42. The summed E-state index contributed by atoms with van der Waals surface area (Å²) in [5.74, 6) is 0.572. The highest BCUT2D eigenvalue weighted by Crippen LogP contribution is 2.06. The smallest absolute Gasteiger partial charge is 0.0434 e. The van der Waals surface area contributed by atoms with Crippen LogP contribution in [0, 0.1) is 12.8 Å². The molecule has 1 rings (SSSR count). The predicted octanol–water partition coefficient (Wildman–Crippen LogP) is 1.89. The lowest BCUT2D eigenvalue weighted by atomic mass is 10.0. The summed E-state index contributed by atoms with van der Waals surface area (Å²) < 4.78 is 0. The van der Waals surface area contributed by atoms with Gasteiger partial charge >= 0.3 is 0 Å². The summed E-state index contributed by atoms with van der Waals surface area (Å²) >= 11 is 0. The second-order valence-corrected chi connectivity index (χ2v) is 4.29. The van der Waals surface area contributed by atoms with Gasteiger partial charge in [0.25, 0.3) is 0 Å². The Bertz CT molecular complexity index is 302. The fraction of sp³-hybridized carbons (Fsp3) is 0.615. The van der Waals surface area contributed by atoms with Crippen molar-refractivity contribution in [1.29, 1.82) is 0 Å². The van der Waals surface area contributed by atoms with E-state index in [-0.39, 0.29) is 6.61 Å². The van der Waals surface area contributed by atoms with Crippen LogP contribution in [0.4, 0.5) is 0 Å². The van der Waals surface area contributed by atoms with Gasteiger partial charge < -0.3 is 10.4 Å². The van der Waals surface area contributed by atoms with Crippen molar-refractivity contribution in [3.8, 4) is 0 Å². The third kappa shape index (κ3) is 4.73. The van der Waals surface area contributed by atoms with Gasteiger partial charge in [-0.05, 0) is 36.9 Å². The topological polar surface area (TPSA) is 45.1 Å². The minimum Gasteiger partial charge on any atom is -0.396 e. The minimum atomic E-state index is 0.284. The molecular formula is C13H22N2O. The Labute approximate surface area is 97.9 Å². The van der Waals surface area contributed by atoms with Crippen LogP contribution in [0.5, 0.6) is 0 Å². The maximum Gasteiger partial charge on any atom is 0.0434 e. The molecule has 0 amide bonds. The summed E-state index contributed by atoms with van der Waals surface area (Å²) in [6, 6.07) is 2.15. The third-order valence-electron chi connectivity index (χ3n) is 2.81. The van der Waals surface area contributed by atoms with E-state index >= 15 is 0 Å². The van der Waals surface area contributed by atoms with Crippen LogP contribution >= 0.6 is 0 Å². The van der Waals surface area contributed by atoms with Crippen molar-refractivity contribution in [2.75, 3.05) is 13.2 Å². The van der Waals surface area contributed by atoms with E-state index in [1.54, 1.807) is 0 Å². The summed E-state index contributed by atoms with van der Waals surface area (Å²) in [5, 5.41) is 12.3. The molecule has 3 heteroatoms. The second kappa shape index (κ2) is 7.36. The average Bonchev–Trinajstić information content (AvgIpc) is 2.28. The highest BCUT2D eigenvalue weighted by atomic mass is 16.3. The first-order chi connectivity index (χ1) is 7.76. The van der Waals surface area contributed by atoms with Crippen molar-refractivity contribution < 1.29 is 5.11 Å². The summed E-state index contributed by atoms with van der Waals surface area (Å²) in [4.78, 5) is 4.16. The number of aliphatic hydroxyl groups is 1. The van der Waals surface area contributed by atoms with E-state index in [1.807, 2.05) is 12.4 Å². The molecule has 0 aliphatic heterocycles. The van der Waals surface area contributed by atoms with Crippen molar-refractivity contribution in [2.24, 2.45) is 5.92 Å². The number of nitrogens with zero attached hydrogens (tertiary/aromatic N) is 1. The molecule has 3 nitrogen and oxygen atoms in total. The number of rotatable bonds is 7. The quantitative estimate of drug-likeness (QED) is 0.740. The molecule has 0 bridgehead atoms. The van der Waals surface area contributed by atoms with Crippen LogP contribution < -0.4 is 5.32 Å². The van der Waals surface area contributed by atoms with Crippen molar-refractivity contribution in [1.82, 2.24) is 10.3 Å². The Kier molecular flexibility index (Phi) is 6.04. The molecule has 1 atom stereocenters. The molecule has 1 unspecified atom stereocenters. The summed E-state index contributed by atoms with van der Waals surface area (Å²) in [6.07, 6.45) is 5.76. The Morgan fingerprint density at radius 1 is 1.44 bits per heavy atom. The summed E-state index contributed by atoms with van der Waals surface area (Å²) in [6.45, 7) is 6.32. The molecule has 1 aromatic rings. The van der Waals surface area contributed by atoms with Crippen LogP contribution in [0.1, 0.15) is 30.9 Å². The largest absolute Gasteiger partial charge is 0.396 e. The molecule has 0 saturated carbocycles. The molecular weight excluding hydrogens is 200 g/mol. The van der Waals surface area contributed by atoms with E-state index in [1.165, 1.54) is 11.1 Å². The van der Waals surface area contributed by atoms with Gasteiger partial charge in [-0.2, -0.15) is 0 Å². The van der Waals surface area contributed by atoms with E-state index in [0.717, 1.165) is 25.9 Å². The Balaban J connectivity index is 2.29. The number of pyridine rings is 1. The van der Waals surface area contributed by atoms with Crippen LogP contribution in [0.2, 0.25) is 0 Å². The highest BCUT2D eigenvalue weighted by Gasteiger charge is 2.04. The number of aromatic nitrogens is 1. The first-order valence-corrected chi connectivity index (χ1v) is 5.98. The normalized spacial score (nSPS) is 12.7. The van der Waals surface area contributed by atoms with Gasteiger partial charge in [0.2, 0.25) is 0 Å². The molecule has 0 radical (unpaired) electrons. The molecule has 0 aliphatic carbocycles. The van der Waals surface area contributed by atoms with E-state index in [2.05, 4.69) is 30.2 Å². The molecule has 0 fully saturated rings. The van der Waals surface area contributed by atoms with Crippen molar-refractivity contribution in [3.63, 3.8) is 0 Å². The first kappa shape index (κ1) is 13.1. The van der Waals surface area contributed by atoms with Gasteiger partial charge in [-0.1, -0.05) is 19.4 Å². The maximum atomic E-state index is 8.88. The minimum absolute atomic E-state index is 0.284. The molecule has 90 valence electrons. The number of hydrogen-bond donors (Lipinski definition) is 2. The van der Waals surface area contributed by atoms with E-state index in [9.17, 15) is 0 Å². The fourth-order valence-corrected chi connectivity index (χ4v) is 1.77. The third-order valence-corrected chi connectivity index (χ3v) is 2.81. The number of aryl methyl sites for hydroxylation is 1. The molecule has 0 spiro atoms. The van der Waals surface area contributed by atoms with Crippen LogP contribution in [0.15, 0.2) is 18.5 Å². The zero-order valence-corrected chi connectivity index (χ0v) is 10.2. The van der Waals surface area contributed by atoms with Gasteiger partial charge in [0.05, 0.1) is 0 Å². The van der Waals surface area contributed by atoms with Gasteiger partial charge in [0, 0.05) is 25.5 Å². The molecule has 2 N–H and O–H groups in total. The molecule has 0 aromatic carbocycles. The van der Waals surface area contributed by atoms with Gasteiger partial charge in [0.1, 0.15) is 0 Å². The second-order valence-electron chi connectivity index (χ2n) is 4.29. The SMILES string of the molecule is CCC(CCO)CNCc1cncc(C)c1. The van der Waals surface area contributed by atoms with Crippen LogP contribution in [-0.2, 0) is 6.54 Å². The molecule has 0 saturated heterocycles. The zero-order valence-electron chi connectivity index (χ0n) is 10.2. The zero-order chi connectivity index (χ0) is 11.8. The highest BCUT2D eigenvalue weighted by molar-refractivity contribution is 5.16. The number of nitrogens with one attached hydrogen (secondary N) is 1. The summed E-state index contributed by atoms with van der Waals surface area (Å²) in [7, 11) is 0. The van der Waals surface area contributed by atoms with Crippen molar-refractivity contribution in [3.05, 3.63) is 29.6 Å². The lowest BCUT2D eigenvalue weighted by molar-refractivity contribution is 0.251. The molecule has 1 aromatic heterocycles. The Morgan fingerprint density at radius 2 is 2.25 bits per heavy atom. The Morgan fingerprint density at radius 3 is 2.88 bits per heavy atom. The number of aliphatic hydroxyl groups excluding tert-OH is 1. The lowest BCUT2D eigenvalue weighted by Crippen LogP contribution is -2.23. The molecule has 0 aliphatic rings. The van der Waals surface area contributed by atoms with Crippen molar-refractivity contribution >= 4 is 0 Å². The number of hydrogen-bond acceptors (Lipinski definition) is 3. The van der Waals surface area contributed by atoms with Gasteiger partial charge in [-0.15, -0.1) is 0 Å². The first-order valence-electron chi connectivity index (χ1n) is 5.98. The van der Waals surface area contributed by atoms with E-state index in [4.69, 9.17) is 5.11 Å². The fourth-order valence-electron chi connectivity index (χ4n) is 1.77. The Hall–Kier alpha value is -0.930. The molecule has 1 heterocycles. The van der Waals surface area contributed by atoms with Crippen LogP contribution in [-0.4, -0.2) is 23.2 Å².